The normalized spacial score (nSPS) is 16.9. The van der Waals surface area contributed by atoms with Crippen molar-refractivity contribution < 1.29 is 28.4 Å². The first-order valence-corrected chi connectivity index (χ1v) is 20.7. The van der Waals surface area contributed by atoms with Gasteiger partial charge >= 0.3 is 0 Å². The van der Waals surface area contributed by atoms with Crippen molar-refractivity contribution in [1.82, 2.24) is 0 Å². The summed E-state index contributed by atoms with van der Waals surface area (Å²) >= 11 is 0. The number of aryl methyl sites for hydroxylation is 8. The molecule has 0 amide bonds. The molecule has 1 saturated heterocycles. The predicted octanol–water partition coefficient (Wildman–Crippen LogP) is 8.27. The molecule has 1 fully saturated rings. The molecule has 0 aromatic heterocycles. The van der Waals surface area contributed by atoms with Gasteiger partial charge in [0.25, 0.3) is 0 Å². The third kappa shape index (κ3) is 8.26. The summed E-state index contributed by atoms with van der Waals surface area (Å²) < 4.78 is 36.9. The molecule has 6 nitrogen and oxygen atoms in total. The molecular formula is C43H56O6P2. The Labute approximate surface area is 308 Å². The van der Waals surface area contributed by atoms with Crippen molar-refractivity contribution in [2.24, 2.45) is 0 Å². The summed E-state index contributed by atoms with van der Waals surface area (Å²) in [7, 11) is 5.32. The molecule has 4 aromatic rings. The number of rotatable bonds is 12. The fourth-order valence-electron chi connectivity index (χ4n) is 7.92. The molecular weight excluding hydrogens is 674 g/mol. The lowest BCUT2D eigenvalue weighted by molar-refractivity contribution is -0.142. The molecule has 0 aliphatic carbocycles. The third-order valence-electron chi connectivity index (χ3n) is 9.85. The van der Waals surface area contributed by atoms with Crippen molar-refractivity contribution in [2.75, 3.05) is 40.8 Å². The molecule has 1 aliphatic rings. The van der Waals surface area contributed by atoms with Crippen molar-refractivity contribution >= 4 is 37.1 Å². The number of hydrogen-bond donors (Lipinski definition) is 0. The van der Waals surface area contributed by atoms with Gasteiger partial charge in [-0.3, -0.25) is 0 Å². The van der Waals surface area contributed by atoms with Crippen LogP contribution in [0, 0.1) is 55.4 Å². The first-order valence-electron chi connectivity index (χ1n) is 17.6. The fourth-order valence-corrected chi connectivity index (χ4v) is 13.5. The van der Waals surface area contributed by atoms with E-state index in [-0.39, 0.29) is 12.2 Å². The zero-order valence-corrected chi connectivity index (χ0v) is 34.8. The lowest BCUT2D eigenvalue weighted by Gasteiger charge is -2.29. The summed E-state index contributed by atoms with van der Waals surface area (Å²) in [5.74, 6) is 3.05. The Balaban J connectivity index is 1.62. The summed E-state index contributed by atoms with van der Waals surface area (Å²) in [6.45, 7) is 21.2. The topological polar surface area (TPSA) is 55.4 Å². The molecule has 0 spiro atoms. The van der Waals surface area contributed by atoms with Crippen LogP contribution >= 0.6 is 15.8 Å². The Morgan fingerprint density at radius 1 is 0.431 bits per heavy atom. The quantitative estimate of drug-likeness (QED) is 0.137. The maximum Gasteiger partial charge on any atom is 0.163 e. The van der Waals surface area contributed by atoms with E-state index in [4.69, 9.17) is 28.4 Å². The number of ether oxygens (including phenoxy) is 6. The molecule has 0 radical (unpaired) electrons. The van der Waals surface area contributed by atoms with Crippen LogP contribution in [0.5, 0.6) is 23.0 Å². The van der Waals surface area contributed by atoms with Crippen LogP contribution in [-0.4, -0.2) is 58.8 Å². The molecule has 1 aliphatic heterocycles. The molecule has 2 unspecified atom stereocenters. The fraction of sp³-hybridized carbons (Fsp3) is 0.442. The van der Waals surface area contributed by atoms with Gasteiger partial charge in [0.05, 0.1) is 40.6 Å². The van der Waals surface area contributed by atoms with Gasteiger partial charge in [0.1, 0.15) is 23.0 Å². The second-order valence-corrected chi connectivity index (χ2v) is 18.9. The largest absolute Gasteiger partial charge is 0.496 e. The smallest absolute Gasteiger partial charge is 0.163 e. The summed E-state index contributed by atoms with van der Waals surface area (Å²) in [5.41, 5.74) is 9.12. The molecule has 0 saturated carbocycles. The van der Waals surface area contributed by atoms with Gasteiger partial charge in [-0.15, -0.1) is 0 Å². The molecule has 1 heterocycles. The van der Waals surface area contributed by atoms with E-state index in [9.17, 15) is 0 Å². The highest BCUT2D eigenvalue weighted by molar-refractivity contribution is 7.73. The number of benzene rings is 4. The van der Waals surface area contributed by atoms with Crippen molar-refractivity contribution in [2.45, 2.75) is 87.2 Å². The monoisotopic (exact) mass is 730 g/mol. The summed E-state index contributed by atoms with van der Waals surface area (Å²) in [5, 5.41) is 5.23. The predicted molar refractivity (Wildman–Crippen MR) is 216 cm³/mol. The van der Waals surface area contributed by atoms with Crippen LogP contribution in [0.1, 0.15) is 58.4 Å². The van der Waals surface area contributed by atoms with Crippen LogP contribution < -0.4 is 40.2 Å². The Hall–Kier alpha value is -3.14. The summed E-state index contributed by atoms with van der Waals surface area (Å²) in [6.07, 6.45) is 1.40. The van der Waals surface area contributed by atoms with E-state index in [1.807, 2.05) is 0 Å². The highest BCUT2D eigenvalue weighted by Gasteiger charge is 2.44. The molecule has 2 atom stereocenters. The molecule has 0 N–H and O–H groups in total. The van der Waals surface area contributed by atoms with Gasteiger partial charge in [0, 0.05) is 12.3 Å². The summed E-state index contributed by atoms with van der Waals surface area (Å²) in [6, 6.07) is 18.5. The lowest BCUT2D eigenvalue weighted by Crippen LogP contribution is -2.34. The van der Waals surface area contributed by atoms with Crippen LogP contribution in [-0.2, 0) is 9.47 Å². The van der Waals surface area contributed by atoms with Crippen molar-refractivity contribution in [3.63, 3.8) is 0 Å². The van der Waals surface area contributed by atoms with Crippen molar-refractivity contribution in [3.05, 3.63) is 93.0 Å². The molecule has 51 heavy (non-hydrogen) atoms. The second-order valence-electron chi connectivity index (χ2n) is 14.4. The van der Waals surface area contributed by atoms with Crippen molar-refractivity contribution in [3.8, 4) is 23.0 Å². The van der Waals surface area contributed by atoms with Crippen molar-refractivity contribution in [1.29, 1.82) is 0 Å². The van der Waals surface area contributed by atoms with Gasteiger partial charge < -0.3 is 28.4 Å². The van der Waals surface area contributed by atoms with E-state index in [1.54, 1.807) is 28.4 Å². The van der Waals surface area contributed by atoms with Gasteiger partial charge in [0.2, 0.25) is 0 Å². The van der Waals surface area contributed by atoms with E-state index in [0.29, 0.717) is 0 Å². The number of hydrogen-bond acceptors (Lipinski definition) is 6. The molecule has 0 bridgehead atoms. The lowest BCUT2D eigenvalue weighted by atomic mass is 10.1. The first kappa shape index (κ1) is 39.1. The molecule has 274 valence electrons. The zero-order valence-electron chi connectivity index (χ0n) is 33.0. The van der Waals surface area contributed by atoms with Crippen LogP contribution in [0.3, 0.4) is 0 Å². The standard InChI is InChI=1S/C43H56O6P2/c1-25-15-33(16-26(2)39(25)44-11)50(34-17-27(3)40(45-12)28(4)18-34)23-37-38(49-43(9,10)48-37)24-51(35-19-29(5)41(46-13)30(6)20-35)36-21-31(7)42(47-14)32(8)22-36/h15-22,37-38H,23-24H2,1-14H3. The van der Waals surface area contributed by atoms with E-state index in [0.717, 1.165) is 79.8 Å². The average Bonchev–Trinajstić information content (AvgIpc) is 3.34. The van der Waals surface area contributed by atoms with Gasteiger partial charge in [-0.1, -0.05) is 0 Å². The zero-order chi connectivity index (χ0) is 37.4. The Morgan fingerprint density at radius 3 is 0.804 bits per heavy atom. The summed E-state index contributed by atoms with van der Waals surface area (Å²) in [4.78, 5) is 0. The molecule has 5 rings (SSSR count). The molecule has 4 aromatic carbocycles. The van der Waals surface area contributed by atoms with Gasteiger partial charge in [-0.25, -0.2) is 0 Å². The van der Waals surface area contributed by atoms with E-state index in [2.05, 4.69) is 118 Å². The van der Waals surface area contributed by atoms with Gasteiger partial charge in [-0.05, 0) is 199 Å². The maximum absolute atomic E-state index is 6.90. The van der Waals surface area contributed by atoms with Crippen LogP contribution in [0.4, 0.5) is 0 Å². The van der Waals surface area contributed by atoms with E-state index >= 15 is 0 Å². The second kappa shape index (κ2) is 15.8. The van der Waals surface area contributed by atoms with Gasteiger partial charge in [-0.2, -0.15) is 0 Å². The minimum Gasteiger partial charge on any atom is -0.496 e. The van der Waals surface area contributed by atoms with Crippen LogP contribution in [0.25, 0.3) is 0 Å². The Bertz CT molecular complexity index is 1550. The molecule has 8 heteroatoms. The van der Waals surface area contributed by atoms with Crippen LogP contribution in [0.15, 0.2) is 48.5 Å². The van der Waals surface area contributed by atoms with E-state index < -0.39 is 21.6 Å². The average molecular weight is 731 g/mol. The first-order chi connectivity index (χ1) is 24.1. The maximum atomic E-state index is 6.90. The SMILES string of the molecule is COc1c(C)cc(P(CC2OC(C)(C)OC2CP(c2cc(C)c(OC)c(C)c2)c2cc(C)c(OC)c(C)c2)c2cc(C)c(OC)c(C)c2)cc1C. The van der Waals surface area contributed by atoms with Crippen LogP contribution in [0.2, 0.25) is 0 Å². The Morgan fingerprint density at radius 2 is 0.627 bits per heavy atom. The van der Waals surface area contributed by atoms with E-state index in [1.165, 1.54) is 21.2 Å². The highest BCUT2D eigenvalue weighted by Crippen LogP contribution is 2.47. The Kier molecular flexibility index (Phi) is 12.1. The minimum absolute atomic E-state index is 0.123. The van der Waals surface area contributed by atoms with Gasteiger partial charge in [0.15, 0.2) is 5.79 Å². The number of methoxy groups -OCH3 is 4. The minimum atomic E-state index is -0.839. The third-order valence-corrected chi connectivity index (χ3v) is 14.8. The highest BCUT2D eigenvalue weighted by atomic mass is 31.1.